The molecule has 0 unspecified atom stereocenters. The molecule has 2 aromatic carbocycles. The van der Waals surface area contributed by atoms with E-state index in [9.17, 15) is 9.00 Å². The van der Waals surface area contributed by atoms with Gasteiger partial charge in [0.1, 0.15) is 23.6 Å². The second kappa shape index (κ2) is 11.4. The smallest absolute Gasteiger partial charge is 0.250 e. The van der Waals surface area contributed by atoms with Gasteiger partial charge in [0, 0.05) is 47.0 Å². The molecule has 9 nitrogen and oxygen atoms in total. The molecule has 3 heterocycles. The molecule has 0 saturated carbocycles. The Morgan fingerprint density at radius 1 is 1.17 bits per heavy atom. The number of anilines is 2. The first kappa shape index (κ1) is 28.4. The minimum Gasteiger partial charge on any atom is -0.383 e. The number of likely N-dealkylation sites (N-methyl/N-ethyl adjacent to an activating group) is 1. The van der Waals surface area contributed by atoms with E-state index in [1.165, 1.54) is 12.4 Å². The highest BCUT2D eigenvalue weighted by Gasteiger charge is 2.26. The molecule has 1 saturated heterocycles. The van der Waals surface area contributed by atoms with Crippen LogP contribution in [0.5, 0.6) is 0 Å². The number of hydrogen-bond donors (Lipinski definition) is 2. The summed E-state index contributed by atoms with van der Waals surface area (Å²) < 4.78 is 35.4. The van der Waals surface area contributed by atoms with Crippen LogP contribution in [-0.2, 0) is 21.1 Å². The van der Waals surface area contributed by atoms with E-state index in [0.29, 0.717) is 69.4 Å². The van der Waals surface area contributed by atoms with Crippen molar-refractivity contribution < 1.29 is 13.4 Å². The number of hydrogen-bond acceptors (Lipinski definition) is 7. The number of nitrogens with zero attached hydrogens (tertiary/aromatic N) is 5. The van der Waals surface area contributed by atoms with Crippen molar-refractivity contribution in [2.75, 3.05) is 43.2 Å². The van der Waals surface area contributed by atoms with Crippen LogP contribution < -0.4 is 11.1 Å². The molecule has 11 heteroatoms. The van der Waals surface area contributed by atoms with Gasteiger partial charge in [-0.1, -0.05) is 18.7 Å². The Morgan fingerprint density at radius 3 is 2.51 bits per heavy atom. The molecule has 0 aliphatic carbocycles. The molecular formula is C30H34FN7O2S. The minimum atomic E-state index is -2.22. The molecule has 41 heavy (non-hydrogen) atoms. The molecule has 5 rings (SSSR count). The van der Waals surface area contributed by atoms with Crippen molar-refractivity contribution in [3.05, 3.63) is 66.8 Å². The Hall–Kier alpha value is -4.09. The van der Waals surface area contributed by atoms with Crippen molar-refractivity contribution in [3.8, 4) is 22.4 Å². The van der Waals surface area contributed by atoms with Gasteiger partial charge in [-0.05, 0) is 69.8 Å². The summed E-state index contributed by atoms with van der Waals surface area (Å²) in [4.78, 5) is 23.0. The average molecular weight is 576 g/mol. The van der Waals surface area contributed by atoms with Crippen molar-refractivity contribution >= 4 is 43.9 Å². The number of rotatable bonds is 8. The van der Waals surface area contributed by atoms with Crippen LogP contribution in [0.15, 0.2) is 65.3 Å². The molecule has 1 aliphatic heterocycles. The number of halogens is 1. The van der Waals surface area contributed by atoms with Crippen LogP contribution in [0.3, 0.4) is 0 Å². The summed E-state index contributed by atoms with van der Waals surface area (Å²) in [6.45, 7) is 6.41. The summed E-state index contributed by atoms with van der Waals surface area (Å²) in [6, 6.07) is 12.0. The lowest BCUT2D eigenvalue weighted by Crippen LogP contribution is -2.19. The van der Waals surface area contributed by atoms with Crippen LogP contribution in [0.2, 0.25) is 0 Å². The second-order valence-corrected chi connectivity index (χ2v) is 13.1. The molecule has 1 aliphatic rings. The third-order valence-corrected chi connectivity index (χ3v) is 9.51. The molecule has 0 spiro atoms. The van der Waals surface area contributed by atoms with Crippen molar-refractivity contribution in [2.45, 2.75) is 26.3 Å². The molecule has 1 amide bonds. The maximum Gasteiger partial charge on any atom is 0.250 e. The van der Waals surface area contributed by atoms with Gasteiger partial charge in [0.15, 0.2) is 0 Å². The molecule has 2 aromatic heterocycles. The lowest BCUT2D eigenvalue weighted by atomic mass is 9.98. The third-order valence-electron chi connectivity index (χ3n) is 7.11. The quantitative estimate of drug-likeness (QED) is 0.270. The Morgan fingerprint density at radius 2 is 1.88 bits per heavy atom. The highest BCUT2D eigenvalue weighted by molar-refractivity contribution is 7.93. The fourth-order valence-electron chi connectivity index (χ4n) is 5.02. The van der Waals surface area contributed by atoms with E-state index in [0.717, 1.165) is 18.4 Å². The number of nitrogens with one attached hydrogen (secondary N) is 1. The summed E-state index contributed by atoms with van der Waals surface area (Å²) >= 11 is 0. The number of aromatic nitrogens is 3. The van der Waals surface area contributed by atoms with Crippen LogP contribution in [0, 0.1) is 5.82 Å². The summed E-state index contributed by atoms with van der Waals surface area (Å²) in [7, 11) is 1.71. The van der Waals surface area contributed by atoms with Gasteiger partial charge in [-0.25, -0.2) is 18.6 Å². The molecule has 0 radical (unpaired) electrons. The number of amides is 1. The fourth-order valence-corrected chi connectivity index (χ4v) is 7.23. The summed E-state index contributed by atoms with van der Waals surface area (Å²) in [5.41, 5.74) is 10.7. The normalized spacial score (nSPS) is 14.5. The molecule has 4 aromatic rings. The predicted molar refractivity (Wildman–Crippen MR) is 164 cm³/mol. The number of benzene rings is 2. The zero-order valence-electron chi connectivity index (χ0n) is 23.5. The topological polar surface area (TPSA) is 118 Å². The SMILES string of the molecule is C=C(C)C(=O)Nc1ccc(-c2c(-c3ccc(N=S4(=O)CCCC4)cc3)c3c(N)ncnc3n2CCN(C)C)c(F)c1. The van der Waals surface area contributed by atoms with Crippen LogP contribution >= 0.6 is 0 Å². The first-order valence-electron chi connectivity index (χ1n) is 13.4. The molecule has 3 N–H and O–H groups in total. The van der Waals surface area contributed by atoms with Crippen molar-refractivity contribution in [2.24, 2.45) is 4.36 Å². The van der Waals surface area contributed by atoms with Crippen LogP contribution in [0.4, 0.5) is 21.6 Å². The Labute approximate surface area is 239 Å². The highest BCUT2D eigenvalue weighted by Crippen LogP contribution is 2.43. The zero-order chi connectivity index (χ0) is 29.3. The largest absolute Gasteiger partial charge is 0.383 e. The van der Waals surface area contributed by atoms with Gasteiger partial charge in [0.25, 0.3) is 5.91 Å². The maximum atomic E-state index is 15.9. The second-order valence-electron chi connectivity index (χ2n) is 10.6. The van der Waals surface area contributed by atoms with Gasteiger partial charge in [0.05, 0.1) is 26.5 Å². The lowest BCUT2D eigenvalue weighted by molar-refractivity contribution is -0.112. The summed E-state index contributed by atoms with van der Waals surface area (Å²) in [5.74, 6) is 0.618. The van der Waals surface area contributed by atoms with Gasteiger partial charge < -0.3 is 20.5 Å². The molecule has 0 bridgehead atoms. The highest BCUT2D eigenvalue weighted by atomic mass is 32.2. The first-order valence-corrected chi connectivity index (χ1v) is 15.3. The average Bonchev–Trinajstić information content (AvgIpc) is 3.49. The van der Waals surface area contributed by atoms with Gasteiger partial charge in [-0.15, -0.1) is 0 Å². The van der Waals surface area contributed by atoms with E-state index in [4.69, 9.17) is 5.73 Å². The van der Waals surface area contributed by atoms with E-state index < -0.39 is 15.5 Å². The van der Waals surface area contributed by atoms with E-state index in [1.807, 2.05) is 47.8 Å². The van der Waals surface area contributed by atoms with Crippen LogP contribution in [-0.4, -0.2) is 61.7 Å². The summed E-state index contributed by atoms with van der Waals surface area (Å²) in [5, 5.41) is 3.29. The number of nitrogens with two attached hydrogens (primary N) is 1. The number of nitrogen functional groups attached to an aromatic ring is 1. The lowest BCUT2D eigenvalue weighted by Gasteiger charge is -2.16. The summed E-state index contributed by atoms with van der Waals surface area (Å²) in [6.07, 6.45) is 3.26. The number of carbonyl (C=O) groups is 1. The monoisotopic (exact) mass is 575 g/mol. The number of carbonyl (C=O) groups excluding carboxylic acids is 1. The van der Waals surface area contributed by atoms with E-state index in [1.54, 1.807) is 19.1 Å². The van der Waals surface area contributed by atoms with Crippen molar-refractivity contribution in [3.63, 3.8) is 0 Å². The Kier molecular flexibility index (Phi) is 7.92. The third kappa shape index (κ3) is 5.86. The molecular weight excluding hydrogens is 541 g/mol. The fraction of sp³-hybridized carbons (Fsp3) is 0.300. The first-order chi connectivity index (χ1) is 19.6. The van der Waals surface area contributed by atoms with Crippen LogP contribution in [0.1, 0.15) is 19.8 Å². The molecule has 214 valence electrons. The minimum absolute atomic E-state index is 0.281. The Bertz CT molecular complexity index is 1760. The molecule has 1 fully saturated rings. The standard InChI is InChI=1S/C30H34FN7O2S/c1-19(2)30(39)35-22-11-12-23(24(31)17-22)27-25(20-7-9-21(10-8-20)36-41(40)15-5-6-16-41)26-28(32)33-18-34-29(26)38(27)14-13-37(3)4/h7-12,17-18H,1,5-6,13-16H2,2-4H3,(H,35,39)(H2,32,33,34). The van der Waals surface area contributed by atoms with Gasteiger partial charge in [-0.3, -0.25) is 4.79 Å². The molecule has 0 atom stereocenters. The van der Waals surface area contributed by atoms with Gasteiger partial charge >= 0.3 is 0 Å². The van der Waals surface area contributed by atoms with Crippen molar-refractivity contribution in [1.82, 2.24) is 19.4 Å². The van der Waals surface area contributed by atoms with Gasteiger partial charge in [-0.2, -0.15) is 4.36 Å². The predicted octanol–water partition coefficient (Wildman–Crippen LogP) is 5.46. The maximum absolute atomic E-state index is 15.9. The van der Waals surface area contributed by atoms with Crippen LogP contribution in [0.25, 0.3) is 33.4 Å². The van der Waals surface area contributed by atoms with E-state index in [-0.39, 0.29) is 11.7 Å². The Balaban J connectivity index is 1.71. The zero-order valence-corrected chi connectivity index (χ0v) is 24.3. The number of fused-ring (bicyclic) bond motifs is 1. The van der Waals surface area contributed by atoms with Crippen molar-refractivity contribution in [1.29, 1.82) is 0 Å². The van der Waals surface area contributed by atoms with E-state index >= 15 is 4.39 Å². The van der Waals surface area contributed by atoms with E-state index in [2.05, 4.69) is 26.2 Å². The van der Waals surface area contributed by atoms with Gasteiger partial charge in [0.2, 0.25) is 0 Å².